The van der Waals surface area contributed by atoms with Gasteiger partial charge in [0.15, 0.2) is 5.16 Å². The van der Waals surface area contributed by atoms with E-state index in [-0.39, 0.29) is 11.3 Å². The molecule has 0 saturated carbocycles. The van der Waals surface area contributed by atoms with Crippen LogP contribution in [0.3, 0.4) is 0 Å². The summed E-state index contributed by atoms with van der Waals surface area (Å²) in [6, 6.07) is 0. The highest BCUT2D eigenvalue weighted by Crippen LogP contribution is 2.28. The van der Waals surface area contributed by atoms with E-state index in [0.29, 0.717) is 0 Å². The second-order valence-electron chi connectivity index (χ2n) is 4.78. The summed E-state index contributed by atoms with van der Waals surface area (Å²) in [4.78, 5) is 15.0. The number of hydrogen-bond acceptors (Lipinski definition) is 3. The monoisotopic (exact) mass is 256 g/mol. The standard InChI is InChI=1S/C12H20N2O2S/c1-5-6-12(3,4)14-7-9(2)13-11(14)17-8-10(15)16/h7H,5-6,8H2,1-4H3,(H,15,16). The molecule has 0 aromatic carbocycles. The Bertz CT molecular complexity index is 399. The van der Waals surface area contributed by atoms with Crippen molar-refractivity contribution in [2.75, 3.05) is 5.75 Å². The Morgan fingerprint density at radius 2 is 2.24 bits per heavy atom. The van der Waals surface area contributed by atoms with Crippen LogP contribution in [0, 0.1) is 6.92 Å². The molecule has 1 aromatic rings. The Labute approximate surface area is 106 Å². The number of hydrogen-bond donors (Lipinski definition) is 1. The van der Waals surface area contributed by atoms with Crippen molar-refractivity contribution in [1.29, 1.82) is 0 Å². The fourth-order valence-corrected chi connectivity index (χ4v) is 2.77. The fraction of sp³-hybridized carbons (Fsp3) is 0.667. The molecule has 1 rings (SSSR count). The Morgan fingerprint density at radius 1 is 1.59 bits per heavy atom. The lowest BCUT2D eigenvalue weighted by molar-refractivity contribution is -0.133. The van der Waals surface area contributed by atoms with Crippen molar-refractivity contribution in [1.82, 2.24) is 9.55 Å². The maximum absolute atomic E-state index is 10.6. The van der Waals surface area contributed by atoms with E-state index < -0.39 is 5.97 Å². The molecule has 5 heteroatoms. The lowest BCUT2D eigenvalue weighted by atomic mass is 9.99. The molecule has 0 atom stereocenters. The Balaban J connectivity index is 2.94. The third-order valence-corrected chi connectivity index (χ3v) is 3.57. The number of aliphatic carboxylic acids is 1. The van der Waals surface area contributed by atoms with E-state index in [1.54, 1.807) is 0 Å². The van der Waals surface area contributed by atoms with Crippen LogP contribution in [0.1, 0.15) is 39.3 Å². The number of nitrogens with zero attached hydrogens (tertiary/aromatic N) is 2. The van der Waals surface area contributed by atoms with Crippen molar-refractivity contribution in [2.24, 2.45) is 0 Å². The highest BCUT2D eigenvalue weighted by Gasteiger charge is 2.23. The van der Waals surface area contributed by atoms with Crippen molar-refractivity contribution in [2.45, 2.75) is 51.2 Å². The Morgan fingerprint density at radius 3 is 2.76 bits per heavy atom. The summed E-state index contributed by atoms with van der Waals surface area (Å²) in [6.07, 6.45) is 4.14. The summed E-state index contributed by atoms with van der Waals surface area (Å²) >= 11 is 1.28. The minimum absolute atomic E-state index is 0.0170. The molecule has 4 nitrogen and oxygen atoms in total. The molecule has 0 aliphatic heterocycles. The van der Waals surface area contributed by atoms with Crippen LogP contribution in [0.2, 0.25) is 0 Å². The normalized spacial score (nSPS) is 11.8. The summed E-state index contributed by atoms with van der Waals surface area (Å²) in [5, 5.41) is 9.52. The van der Waals surface area contributed by atoms with Gasteiger partial charge in [-0.25, -0.2) is 4.98 Å². The number of carboxylic acid groups (broad SMARTS) is 1. The largest absolute Gasteiger partial charge is 0.481 e. The number of imidazole rings is 1. The van der Waals surface area contributed by atoms with Gasteiger partial charge in [0.05, 0.1) is 11.4 Å². The van der Waals surface area contributed by atoms with Crippen molar-refractivity contribution in [3.05, 3.63) is 11.9 Å². The molecular weight excluding hydrogens is 236 g/mol. The van der Waals surface area contributed by atoms with E-state index in [1.807, 2.05) is 13.1 Å². The lowest BCUT2D eigenvalue weighted by Crippen LogP contribution is -2.26. The molecule has 0 amide bonds. The third-order valence-electron chi connectivity index (χ3n) is 2.63. The summed E-state index contributed by atoms with van der Waals surface area (Å²) in [5.41, 5.74) is 0.915. The molecule has 0 aliphatic rings. The number of aromatic nitrogens is 2. The zero-order valence-electron chi connectivity index (χ0n) is 10.9. The topological polar surface area (TPSA) is 55.1 Å². The van der Waals surface area contributed by atoms with E-state index in [4.69, 9.17) is 5.11 Å². The molecule has 1 aromatic heterocycles. The van der Waals surface area contributed by atoms with E-state index in [9.17, 15) is 4.79 Å². The van der Waals surface area contributed by atoms with Crippen LogP contribution in [0.5, 0.6) is 0 Å². The number of carbonyl (C=O) groups is 1. The number of aryl methyl sites for hydroxylation is 1. The van der Waals surface area contributed by atoms with Crippen LogP contribution in [-0.4, -0.2) is 26.4 Å². The Kier molecular flexibility index (Phi) is 4.62. The molecule has 0 saturated heterocycles. The van der Waals surface area contributed by atoms with Crippen molar-refractivity contribution in [3.8, 4) is 0 Å². The van der Waals surface area contributed by atoms with E-state index in [1.165, 1.54) is 11.8 Å². The SMILES string of the molecule is CCCC(C)(C)n1cc(C)nc1SCC(=O)O. The molecule has 0 spiro atoms. The van der Waals surface area contributed by atoms with Crippen LogP contribution >= 0.6 is 11.8 Å². The summed E-state index contributed by atoms with van der Waals surface area (Å²) in [5.74, 6) is -0.755. The minimum atomic E-state index is -0.810. The molecule has 0 bridgehead atoms. The molecule has 0 fully saturated rings. The van der Waals surface area contributed by atoms with Crippen LogP contribution in [0.4, 0.5) is 0 Å². The zero-order chi connectivity index (χ0) is 13.1. The van der Waals surface area contributed by atoms with Gasteiger partial charge in [-0.05, 0) is 27.2 Å². The first-order valence-electron chi connectivity index (χ1n) is 5.78. The van der Waals surface area contributed by atoms with Gasteiger partial charge in [-0.2, -0.15) is 0 Å². The third kappa shape index (κ3) is 3.77. The van der Waals surface area contributed by atoms with Crippen molar-refractivity contribution >= 4 is 17.7 Å². The lowest BCUT2D eigenvalue weighted by Gasteiger charge is -2.27. The zero-order valence-corrected chi connectivity index (χ0v) is 11.7. The van der Waals surface area contributed by atoms with Gasteiger partial charge >= 0.3 is 5.97 Å². The van der Waals surface area contributed by atoms with Crippen molar-refractivity contribution < 1.29 is 9.90 Å². The maximum atomic E-state index is 10.6. The molecule has 17 heavy (non-hydrogen) atoms. The minimum Gasteiger partial charge on any atom is -0.481 e. The van der Waals surface area contributed by atoms with Gasteiger partial charge in [0.25, 0.3) is 0 Å². The number of rotatable bonds is 6. The molecule has 1 N–H and O–H groups in total. The average molecular weight is 256 g/mol. The quantitative estimate of drug-likeness (QED) is 0.795. The predicted molar refractivity (Wildman–Crippen MR) is 69.6 cm³/mol. The maximum Gasteiger partial charge on any atom is 0.313 e. The average Bonchev–Trinajstić information content (AvgIpc) is 2.57. The van der Waals surface area contributed by atoms with Crippen LogP contribution in [-0.2, 0) is 10.3 Å². The van der Waals surface area contributed by atoms with Crippen LogP contribution in [0.25, 0.3) is 0 Å². The second kappa shape index (κ2) is 5.58. The van der Waals surface area contributed by atoms with Crippen LogP contribution < -0.4 is 0 Å². The van der Waals surface area contributed by atoms with E-state index in [0.717, 1.165) is 23.7 Å². The molecular formula is C12H20N2O2S. The van der Waals surface area contributed by atoms with Gasteiger partial charge < -0.3 is 9.67 Å². The van der Waals surface area contributed by atoms with Crippen molar-refractivity contribution in [3.63, 3.8) is 0 Å². The second-order valence-corrected chi connectivity index (χ2v) is 5.72. The van der Waals surface area contributed by atoms with Gasteiger partial charge in [0.2, 0.25) is 0 Å². The highest BCUT2D eigenvalue weighted by atomic mass is 32.2. The molecule has 0 aliphatic carbocycles. The smallest absolute Gasteiger partial charge is 0.313 e. The molecule has 96 valence electrons. The summed E-state index contributed by atoms with van der Waals surface area (Å²) in [6.45, 7) is 8.39. The molecule has 0 unspecified atom stereocenters. The summed E-state index contributed by atoms with van der Waals surface area (Å²) in [7, 11) is 0. The number of thioether (sulfide) groups is 1. The van der Waals surface area contributed by atoms with E-state index in [2.05, 4.69) is 30.3 Å². The summed E-state index contributed by atoms with van der Waals surface area (Å²) < 4.78 is 2.10. The Hall–Kier alpha value is -0.970. The predicted octanol–water partition coefficient (Wildman–Crippen LogP) is 2.90. The van der Waals surface area contributed by atoms with Gasteiger partial charge in [0, 0.05) is 11.7 Å². The van der Waals surface area contributed by atoms with Crippen LogP contribution in [0.15, 0.2) is 11.4 Å². The first-order valence-corrected chi connectivity index (χ1v) is 6.76. The van der Waals surface area contributed by atoms with Gasteiger partial charge in [-0.3, -0.25) is 4.79 Å². The van der Waals surface area contributed by atoms with Gasteiger partial charge in [0.1, 0.15) is 0 Å². The number of carboxylic acids is 1. The molecule has 0 radical (unpaired) electrons. The first kappa shape index (κ1) is 14.1. The van der Waals surface area contributed by atoms with E-state index >= 15 is 0 Å². The first-order chi connectivity index (χ1) is 7.86. The highest BCUT2D eigenvalue weighted by molar-refractivity contribution is 7.99. The van der Waals surface area contributed by atoms with Gasteiger partial charge in [-0.15, -0.1) is 0 Å². The fourth-order valence-electron chi connectivity index (χ4n) is 1.87. The van der Waals surface area contributed by atoms with Gasteiger partial charge in [-0.1, -0.05) is 25.1 Å². The molecule has 1 heterocycles.